The average molecular weight is 476 g/mol. The highest BCUT2D eigenvalue weighted by Crippen LogP contribution is 2.56. The average Bonchev–Trinajstić information content (AvgIpc) is 3.00. The summed E-state index contributed by atoms with van der Waals surface area (Å²) in [6.45, 7) is 0. The van der Waals surface area contributed by atoms with Crippen molar-refractivity contribution in [2.45, 2.75) is 11.8 Å². The fourth-order valence-corrected chi connectivity index (χ4v) is 3.53. The number of benzene rings is 2. The minimum absolute atomic E-state index is 2.00. The number of carbonyl (C=O) groups is 2. The number of halogens is 12. The molecule has 14 heteroatoms. The Hall–Kier alpha value is -3.32. The third kappa shape index (κ3) is 2.19. The SMILES string of the molecule is O=C1C2=C(c3c(F)c(F)c(F)c(F)c31)c1c(F)c(F)c(F)c(F)c1C(F)(F)C(F)(F)C2=O. The normalized spacial score (nSPS) is 18.5. The van der Waals surface area contributed by atoms with Gasteiger partial charge < -0.3 is 0 Å². The Balaban J connectivity index is 2.35. The van der Waals surface area contributed by atoms with E-state index in [0.29, 0.717) is 0 Å². The first-order valence-corrected chi connectivity index (χ1v) is 7.93. The quantitative estimate of drug-likeness (QED) is 0.229. The molecule has 0 N–H and O–H groups in total. The van der Waals surface area contributed by atoms with E-state index in [1.165, 1.54) is 0 Å². The Bertz CT molecular complexity index is 1340. The van der Waals surface area contributed by atoms with Crippen molar-refractivity contribution in [1.82, 2.24) is 0 Å². The molecule has 0 atom stereocenters. The molecule has 0 bridgehead atoms. The van der Waals surface area contributed by atoms with Gasteiger partial charge in [-0.3, -0.25) is 9.59 Å². The van der Waals surface area contributed by atoms with Crippen LogP contribution in [0.25, 0.3) is 5.57 Å². The van der Waals surface area contributed by atoms with Crippen molar-refractivity contribution in [3.05, 3.63) is 74.4 Å². The summed E-state index contributed by atoms with van der Waals surface area (Å²) in [7, 11) is 0. The topological polar surface area (TPSA) is 34.1 Å². The van der Waals surface area contributed by atoms with Crippen LogP contribution in [0.2, 0.25) is 0 Å². The van der Waals surface area contributed by atoms with Crippen molar-refractivity contribution in [1.29, 1.82) is 0 Å². The molecule has 0 radical (unpaired) electrons. The molecule has 0 fully saturated rings. The molecular weight excluding hydrogens is 476 g/mol. The first-order chi connectivity index (χ1) is 14.6. The number of alkyl halides is 4. The van der Waals surface area contributed by atoms with Gasteiger partial charge in [-0.1, -0.05) is 0 Å². The van der Waals surface area contributed by atoms with E-state index >= 15 is 0 Å². The van der Waals surface area contributed by atoms with E-state index in [4.69, 9.17) is 0 Å². The number of hydrogen-bond donors (Lipinski definition) is 0. The van der Waals surface area contributed by atoms with E-state index in [2.05, 4.69) is 0 Å². The molecule has 2 nitrogen and oxygen atoms in total. The summed E-state index contributed by atoms with van der Waals surface area (Å²) >= 11 is 0. The van der Waals surface area contributed by atoms with Crippen molar-refractivity contribution < 1.29 is 62.3 Å². The maximum Gasteiger partial charge on any atom is 0.376 e. The van der Waals surface area contributed by atoms with Crippen LogP contribution in [0.3, 0.4) is 0 Å². The Kier molecular flexibility index (Phi) is 4.20. The highest BCUT2D eigenvalue weighted by atomic mass is 19.3. The summed E-state index contributed by atoms with van der Waals surface area (Å²) in [5.74, 6) is -40.8. The van der Waals surface area contributed by atoms with E-state index in [9.17, 15) is 62.3 Å². The van der Waals surface area contributed by atoms with E-state index in [0.717, 1.165) is 0 Å². The number of fused-ring (bicyclic) bond motifs is 4. The van der Waals surface area contributed by atoms with Gasteiger partial charge in [-0.15, -0.1) is 0 Å². The summed E-state index contributed by atoms with van der Waals surface area (Å²) in [5.41, 5.74) is -14.0. The largest absolute Gasteiger partial charge is 0.376 e. The Morgan fingerprint density at radius 1 is 0.438 bits per heavy atom. The second kappa shape index (κ2) is 6.13. The number of Topliss-reactive ketones (excluding diaryl/α,β-unsaturated/α-hetero) is 2. The maximum absolute atomic E-state index is 14.5. The first-order valence-electron chi connectivity index (χ1n) is 7.93. The van der Waals surface area contributed by atoms with Gasteiger partial charge in [0.2, 0.25) is 11.6 Å². The number of allylic oxidation sites excluding steroid dienone is 1. The van der Waals surface area contributed by atoms with Crippen molar-refractivity contribution in [3.8, 4) is 0 Å². The van der Waals surface area contributed by atoms with Crippen LogP contribution in [0.5, 0.6) is 0 Å². The molecule has 2 aliphatic rings. The fourth-order valence-electron chi connectivity index (χ4n) is 3.53. The summed E-state index contributed by atoms with van der Waals surface area (Å²) in [6.07, 6.45) is 0. The second-order valence-electron chi connectivity index (χ2n) is 6.57. The minimum Gasteiger partial charge on any atom is -0.288 e. The Morgan fingerprint density at radius 3 is 1.34 bits per heavy atom. The lowest BCUT2D eigenvalue weighted by atomic mass is 9.90. The number of rotatable bonds is 0. The molecule has 2 aromatic rings. The van der Waals surface area contributed by atoms with Crippen LogP contribution >= 0.6 is 0 Å². The molecule has 0 unspecified atom stereocenters. The lowest BCUT2D eigenvalue weighted by Gasteiger charge is -2.26. The fraction of sp³-hybridized carbons (Fsp3) is 0.111. The number of hydrogen-bond acceptors (Lipinski definition) is 2. The number of ketones is 2. The van der Waals surface area contributed by atoms with Crippen LogP contribution in [0.15, 0.2) is 5.57 Å². The molecule has 0 saturated heterocycles. The van der Waals surface area contributed by atoms with Gasteiger partial charge in [-0.05, 0) is 0 Å². The van der Waals surface area contributed by atoms with Gasteiger partial charge in [-0.2, -0.15) is 17.6 Å². The lowest BCUT2D eigenvalue weighted by molar-refractivity contribution is -0.211. The predicted octanol–water partition coefficient (Wildman–Crippen LogP) is 5.11. The standard InChI is InChI=1S/C18F12O2/c19-7-2-1-3-6(10(22)14(26)12(24)8(3)20)17(27,28)18(29,30)16(32)5(1)15(31)4(2)9(21)13(25)11(7)23. The molecule has 0 heterocycles. The van der Waals surface area contributed by atoms with E-state index in [1.807, 2.05) is 0 Å². The van der Waals surface area contributed by atoms with Crippen molar-refractivity contribution >= 4 is 17.1 Å². The molecule has 4 rings (SSSR count). The van der Waals surface area contributed by atoms with Gasteiger partial charge in [0.05, 0.1) is 16.7 Å². The third-order valence-electron chi connectivity index (χ3n) is 4.96. The molecule has 2 aliphatic carbocycles. The maximum atomic E-state index is 14.5. The molecule has 0 aromatic heterocycles. The molecule has 0 saturated carbocycles. The Labute approximate surface area is 166 Å². The Morgan fingerprint density at radius 2 is 0.844 bits per heavy atom. The predicted molar refractivity (Wildman–Crippen MR) is 76.7 cm³/mol. The minimum atomic E-state index is -6.18. The zero-order chi connectivity index (χ0) is 24.2. The summed E-state index contributed by atoms with van der Waals surface area (Å²) < 4.78 is 169. The van der Waals surface area contributed by atoms with Crippen LogP contribution in [-0.2, 0) is 10.7 Å². The van der Waals surface area contributed by atoms with Gasteiger partial charge in [0.1, 0.15) is 0 Å². The van der Waals surface area contributed by atoms with Crippen molar-refractivity contribution in [3.63, 3.8) is 0 Å². The molecule has 0 spiro atoms. The first kappa shape index (κ1) is 21.9. The second-order valence-corrected chi connectivity index (χ2v) is 6.57. The summed E-state index contributed by atoms with van der Waals surface area (Å²) in [4.78, 5) is 24.5. The van der Waals surface area contributed by atoms with E-state index < -0.39 is 103 Å². The van der Waals surface area contributed by atoms with Crippen molar-refractivity contribution in [2.75, 3.05) is 0 Å². The zero-order valence-corrected chi connectivity index (χ0v) is 14.4. The summed E-state index contributed by atoms with van der Waals surface area (Å²) in [5, 5.41) is 0. The highest BCUT2D eigenvalue weighted by molar-refractivity contribution is 6.38. The van der Waals surface area contributed by atoms with Gasteiger partial charge >= 0.3 is 11.8 Å². The van der Waals surface area contributed by atoms with Crippen LogP contribution in [-0.4, -0.2) is 17.5 Å². The molecule has 168 valence electrons. The van der Waals surface area contributed by atoms with Gasteiger partial charge in [0.25, 0.3) is 0 Å². The van der Waals surface area contributed by atoms with Crippen LogP contribution < -0.4 is 0 Å². The van der Waals surface area contributed by atoms with Crippen LogP contribution in [0.1, 0.15) is 27.0 Å². The lowest BCUT2D eigenvalue weighted by Crippen LogP contribution is -2.46. The van der Waals surface area contributed by atoms with Gasteiger partial charge in [0, 0.05) is 16.7 Å². The van der Waals surface area contributed by atoms with Crippen molar-refractivity contribution in [2.24, 2.45) is 0 Å². The monoisotopic (exact) mass is 476 g/mol. The third-order valence-corrected chi connectivity index (χ3v) is 4.96. The number of carbonyl (C=O) groups excluding carboxylic acids is 2. The molecule has 0 aliphatic heterocycles. The molecule has 2 aromatic carbocycles. The van der Waals surface area contributed by atoms with Gasteiger partial charge in [-0.25, -0.2) is 35.1 Å². The summed E-state index contributed by atoms with van der Waals surface area (Å²) in [6, 6.07) is 0. The molecular formula is C18F12O2. The van der Waals surface area contributed by atoms with Crippen LogP contribution in [0.4, 0.5) is 52.7 Å². The van der Waals surface area contributed by atoms with E-state index in [-0.39, 0.29) is 0 Å². The van der Waals surface area contributed by atoms with Gasteiger partial charge in [0.15, 0.2) is 46.5 Å². The highest BCUT2D eigenvalue weighted by Gasteiger charge is 2.69. The molecule has 32 heavy (non-hydrogen) atoms. The van der Waals surface area contributed by atoms with E-state index in [1.54, 1.807) is 0 Å². The zero-order valence-electron chi connectivity index (χ0n) is 14.4. The smallest absolute Gasteiger partial charge is 0.288 e. The van der Waals surface area contributed by atoms with Crippen LogP contribution in [0, 0.1) is 46.5 Å². The molecule has 0 amide bonds.